The zero-order valence-corrected chi connectivity index (χ0v) is 13.5. The summed E-state index contributed by atoms with van der Waals surface area (Å²) < 4.78 is 0. The van der Waals surface area contributed by atoms with Gasteiger partial charge in [0.2, 0.25) is 0 Å². The second-order valence-electron chi connectivity index (χ2n) is 6.28. The molecule has 0 aliphatic carbocycles. The normalized spacial score (nSPS) is 18.5. The molecule has 3 heterocycles. The summed E-state index contributed by atoms with van der Waals surface area (Å²) in [5.41, 5.74) is 2.79. The second kappa shape index (κ2) is 6.43. The molecule has 0 bridgehead atoms. The highest BCUT2D eigenvalue weighted by Crippen LogP contribution is 2.32. The maximum atomic E-state index is 13.3. The first-order chi connectivity index (χ1) is 11.8. The fraction of sp³-hybridized carbons (Fsp3) is 0.316. The Morgan fingerprint density at radius 1 is 1.12 bits per heavy atom. The van der Waals surface area contributed by atoms with Crippen LogP contribution in [-0.4, -0.2) is 32.5 Å². The van der Waals surface area contributed by atoms with Crippen LogP contribution in [0.15, 0.2) is 48.9 Å². The third-order valence-electron chi connectivity index (χ3n) is 4.82. The molecule has 1 N–H and O–H groups in total. The molecule has 1 atom stereocenters. The summed E-state index contributed by atoms with van der Waals surface area (Å²) in [5.74, 6) is 0.0886. The number of benzene rings is 1. The topological polar surface area (TPSA) is 61.9 Å². The molecule has 1 unspecified atom stereocenters. The smallest absolute Gasteiger partial charge is 0.255 e. The Kier molecular flexibility index (Phi) is 3.99. The standard InChI is InChI=1S/C19H20N4O/c24-19(15-5-4-6-17-16(15)13-21-22-17)23-12-3-1-2-7-18(23)14-8-10-20-11-9-14/h4-6,8-11,13,18H,1-3,7,12H2,(H,21,22). The molecular formula is C19H20N4O. The first-order valence-corrected chi connectivity index (χ1v) is 8.47. The van der Waals surface area contributed by atoms with Crippen LogP contribution < -0.4 is 0 Å². The van der Waals surface area contributed by atoms with Crippen LogP contribution >= 0.6 is 0 Å². The summed E-state index contributed by atoms with van der Waals surface area (Å²) in [6, 6.07) is 9.91. The van der Waals surface area contributed by atoms with Crippen LogP contribution in [0.1, 0.15) is 47.6 Å². The number of rotatable bonds is 2. The van der Waals surface area contributed by atoms with Crippen molar-refractivity contribution in [1.29, 1.82) is 0 Å². The van der Waals surface area contributed by atoms with Gasteiger partial charge in [-0.25, -0.2) is 0 Å². The number of aromatic amines is 1. The molecule has 1 saturated heterocycles. The maximum Gasteiger partial charge on any atom is 0.255 e. The molecule has 1 amide bonds. The van der Waals surface area contributed by atoms with Crippen molar-refractivity contribution in [3.63, 3.8) is 0 Å². The Hall–Kier alpha value is -2.69. The minimum absolute atomic E-state index is 0.0886. The number of H-pyrrole nitrogens is 1. The fourth-order valence-electron chi connectivity index (χ4n) is 3.59. The number of fused-ring (bicyclic) bond motifs is 1. The molecule has 1 fully saturated rings. The van der Waals surface area contributed by atoms with Gasteiger partial charge >= 0.3 is 0 Å². The van der Waals surface area contributed by atoms with E-state index >= 15 is 0 Å². The van der Waals surface area contributed by atoms with Crippen molar-refractivity contribution < 1.29 is 4.79 Å². The Morgan fingerprint density at radius 2 is 2.00 bits per heavy atom. The van der Waals surface area contributed by atoms with Gasteiger partial charge in [-0.05, 0) is 42.7 Å². The molecule has 1 aliphatic rings. The van der Waals surface area contributed by atoms with Gasteiger partial charge in [-0.3, -0.25) is 14.9 Å². The minimum atomic E-state index is 0.0886. The maximum absolute atomic E-state index is 13.3. The van der Waals surface area contributed by atoms with E-state index in [2.05, 4.69) is 15.2 Å². The van der Waals surface area contributed by atoms with Crippen molar-refractivity contribution in [1.82, 2.24) is 20.1 Å². The summed E-state index contributed by atoms with van der Waals surface area (Å²) >= 11 is 0. The monoisotopic (exact) mass is 320 g/mol. The van der Waals surface area contributed by atoms with Crippen LogP contribution in [-0.2, 0) is 0 Å². The third-order valence-corrected chi connectivity index (χ3v) is 4.82. The first-order valence-electron chi connectivity index (χ1n) is 8.47. The number of nitrogens with zero attached hydrogens (tertiary/aromatic N) is 3. The van der Waals surface area contributed by atoms with Gasteiger partial charge in [-0.15, -0.1) is 0 Å². The number of carbonyl (C=O) groups is 1. The highest BCUT2D eigenvalue weighted by Gasteiger charge is 2.28. The summed E-state index contributed by atoms with van der Waals surface area (Å²) in [6.07, 6.45) is 9.71. The quantitative estimate of drug-likeness (QED) is 0.783. The van der Waals surface area contributed by atoms with Crippen LogP contribution in [0.4, 0.5) is 0 Å². The molecule has 5 heteroatoms. The molecule has 24 heavy (non-hydrogen) atoms. The van der Waals surface area contributed by atoms with E-state index in [9.17, 15) is 4.79 Å². The lowest BCUT2D eigenvalue weighted by Crippen LogP contribution is -2.35. The van der Waals surface area contributed by atoms with Gasteiger partial charge < -0.3 is 4.90 Å². The first kappa shape index (κ1) is 14.9. The van der Waals surface area contributed by atoms with Crippen LogP contribution in [0, 0.1) is 0 Å². The van der Waals surface area contributed by atoms with Gasteiger partial charge in [0.15, 0.2) is 0 Å². The Bertz CT molecular complexity index is 843. The summed E-state index contributed by atoms with van der Waals surface area (Å²) in [6.45, 7) is 0.792. The van der Waals surface area contributed by atoms with Gasteiger partial charge in [0.05, 0.1) is 23.3 Å². The molecule has 3 aromatic rings. The van der Waals surface area contributed by atoms with Gasteiger partial charge in [0.1, 0.15) is 0 Å². The van der Waals surface area contributed by atoms with E-state index in [-0.39, 0.29) is 11.9 Å². The summed E-state index contributed by atoms with van der Waals surface area (Å²) in [4.78, 5) is 19.5. The van der Waals surface area contributed by atoms with Crippen molar-refractivity contribution in [3.05, 3.63) is 60.0 Å². The summed E-state index contributed by atoms with van der Waals surface area (Å²) in [7, 11) is 0. The number of aromatic nitrogens is 3. The number of pyridine rings is 1. The molecule has 0 spiro atoms. The zero-order valence-electron chi connectivity index (χ0n) is 13.5. The molecule has 2 aromatic heterocycles. The largest absolute Gasteiger partial charge is 0.332 e. The van der Waals surface area contributed by atoms with E-state index in [1.54, 1.807) is 18.6 Å². The molecule has 0 saturated carbocycles. The Labute approximate surface area is 140 Å². The van der Waals surface area contributed by atoms with E-state index in [4.69, 9.17) is 0 Å². The van der Waals surface area contributed by atoms with Gasteiger partial charge in [0, 0.05) is 24.3 Å². The van der Waals surface area contributed by atoms with E-state index in [1.807, 2.05) is 35.2 Å². The third kappa shape index (κ3) is 2.66. The van der Waals surface area contributed by atoms with Crippen LogP contribution in [0.5, 0.6) is 0 Å². The predicted octanol–water partition coefficient (Wildman–Crippen LogP) is 3.72. The summed E-state index contributed by atoms with van der Waals surface area (Å²) in [5, 5.41) is 7.91. The lowest BCUT2D eigenvalue weighted by atomic mass is 10.0. The minimum Gasteiger partial charge on any atom is -0.332 e. The predicted molar refractivity (Wildman–Crippen MR) is 92.6 cm³/mol. The van der Waals surface area contributed by atoms with Crippen molar-refractivity contribution in [2.45, 2.75) is 31.7 Å². The van der Waals surface area contributed by atoms with E-state index < -0.39 is 0 Å². The Morgan fingerprint density at radius 3 is 2.88 bits per heavy atom. The number of hydrogen-bond acceptors (Lipinski definition) is 3. The molecule has 0 radical (unpaired) electrons. The number of nitrogens with one attached hydrogen (secondary N) is 1. The van der Waals surface area contributed by atoms with Crippen molar-refractivity contribution in [2.75, 3.05) is 6.54 Å². The second-order valence-corrected chi connectivity index (χ2v) is 6.28. The highest BCUT2D eigenvalue weighted by molar-refractivity contribution is 6.06. The van der Waals surface area contributed by atoms with E-state index in [0.717, 1.165) is 42.3 Å². The lowest BCUT2D eigenvalue weighted by molar-refractivity contribution is 0.0683. The van der Waals surface area contributed by atoms with E-state index in [1.165, 1.54) is 12.0 Å². The molecule has 1 aliphatic heterocycles. The average molecular weight is 320 g/mol. The molecular weight excluding hydrogens is 300 g/mol. The number of likely N-dealkylation sites (tertiary alicyclic amines) is 1. The number of carbonyl (C=O) groups excluding carboxylic acids is 1. The van der Waals surface area contributed by atoms with Crippen LogP contribution in [0.3, 0.4) is 0 Å². The fourth-order valence-corrected chi connectivity index (χ4v) is 3.59. The van der Waals surface area contributed by atoms with Crippen LogP contribution in [0.25, 0.3) is 10.9 Å². The lowest BCUT2D eigenvalue weighted by Gasteiger charge is -2.30. The number of hydrogen-bond donors (Lipinski definition) is 1. The van der Waals surface area contributed by atoms with Crippen molar-refractivity contribution in [3.8, 4) is 0 Å². The average Bonchev–Trinajstić information content (AvgIpc) is 2.98. The zero-order chi connectivity index (χ0) is 16.4. The highest BCUT2D eigenvalue weighted by atomic mass is 16.2. The van der Waals surface area contributed by atoms with E-state index in [0.29, 0.717) is 0 Å². The molecule has 4 rings (SSSR count). The van der Waals surface area contributed by atoms with Gasteiger partial charge in [0.25, 0.3) is 5.91 Å². The number of amides is 1. The van der Waals surface area contributed by atoms with Crippen LogP contribution in [0.2, 0.25) is 0 Å². The van der Waals surface area contributed by atoms with Crippen molar-refractivity contribution >= 4 is 16.8 Å². The molecule has 1 aromatic carbocycles. The SMILES string of the molecule is O=C(c1cccc2[nH]ncc12)N1CCCCCC1c1ccncc1. The Balaban J connectivity index is 1.74. The van der Waals surface area contributed by atoms with Gasteiger partial charge in [-0.1, -0.05) is 18.9 Å². The molecule has 5 nitrogen and oxygen atoms in total. The molecule has 122 valence electrons. The van der Waals surface area contributed by atoms with Gasteiger partial charge in [-0.2, -0.15) is 5.10 Å². The van der Waals surface area contributed by atoms with Crippen molar-refractivity contribution in [2.24, 2.45) is 0 Å².